The predicted molar refractivity (Wildman–Crippen MR) is 64.4 cm³/mol. The van der Waals surface area contributed by atoms with Crippen LogP contribution in [0, 0.1) is 5.82 Å². The number of nitrogens with two attached hydrogens (primary N) is 1. The van der Waals surface area contributed by atoms with E-state index in [1.807, 2.05) is 12.1 Å². The number of anilines is 1. The number of nitrogens with zero attached hydrogens (tertiary/aromatic N) is 1. The summed E-state index contributed by atoms with van der Waals surface area (Å²) in [5.41, 5.74) is 6.11. The van der Waals surface area contributed by atoms with Gasteiger partial charge in [0.25, 0.3) is 0 Å². The molecular formula is C12H10ClFN2O. The summed E-state index contributed by atoms with van der Waals surface area (Å²) in [6, 6.07) is 8.40. The molecule has 3 nitrogen and oxygen atoms in total. The van der Waals surface area contributed by atoms with E-state index in [2.05, 4.69) is 4.98 Å². The number of ether oxygens (including phenoxy) is 1. The van der Waals surface area contributed by atoms with Crippen LogP contribution in [0.3, 0.4) is 0 Å². The second kappa shape index (κ2) is 5.01. The predicted octanol–water partition coefficient (Wildman–Crippen LogP) is 3.04. The van der Waals surface area contributed by atoms with Gasteiger partial charge in [-0.2, -0.15) is 0 Å². The minimum atomic E-state index is -0.662. The van der Waals surface area contributed by atoms with E-state index in [1.54, 1.807) is 12.3 Å². The van der Waals surface area contributed by atoms with Crippen LogP contribution in [0.1, 0.15) is 5.69 Å². The topological polar surface area (TPSA) is 48.1 Å². The fourth-order valence-electron chi connectivity index (χ4n) is 1.29. The molecule has 2 rings (SSSR count). The molecule has 0 aliphatic heterocycles. The Morgan fingerprint density at radius 2 is 2.12 bits per heavy atom. The van der Waals surface area contributed by atoms with Gasteiger partial charge in [0.15, 0.2) is 5.82 Å². The number of pyridine rings is 1. The normalized spacial score (nSPS) is 10.2. The van der Waals surface area contributed by atoms with Crippen LogP contribution in [-0.2, 0) is 6.61 Å². The highest BCUT2D eigenvalue weighted by Gasteiger charge is 2.10. The largest absolute Gasteiger partial charge is 0.486 e. The molecule has 2 N–H and O–H groups in total. The zero-order chi connectivity index (χ0) is 12.3. The molecule has 88 valence electrons. The van der Waals surface area contributed by atoms with Gasteiger partial charge >= 0.3 is 0 Å². The lowest BCUT2D eigenvalue weighted by molar-refractivity contribution is 0.300. The number of aromatic nitrogens is 1. The van der Waals surface area contributed by atoms with Gasteiger partial charge in [-0.3, -0.25) is 4.98 Å². The highest BCUT2D eigenvalue weighted by atomic mass is 35.5. The molecule has 0 spiro atoms. The molecule has 5 heteroatoms. The van der Waals surface area contributed by atoms with Gasteiger partial charge in [-0.1, -0.05) is 17.7 Å². The Hall–Kier alpha value is -1.81. The molecule has 17 heavy (non-hydrogen) atoms. The van der Waals surface area contributed by atoms with Gasteiger partial charge in [-0.15, -0.1) is 0 Å². The summed E-state index contributed by atoms with van der Waals surface area (Å²) in [4.78, 5) is 4.08. The Labute approximate surface area is 103 Å². The maximum absolute atomic E-state index is 13.4. The quantitative estimate of drug-likeness (QED) is 0.854. The van der Waals surface area contributed by atoms with Crippen molar-refractivity contribution >= 4 is 17.3 Å². The van der Waals surface area contributed by atoms with Crippen LogP contribution < -0.4 is 10.5 Å². The third kappa shape index (κ3) is 2.65. The van der Waals surface area contributed by atoms with Crippen molar-refractivity contribution in [2.75, 3.05) is 5.73 Å². The van der Waals surface area contributed by atoms with Gasteiger partial charge in [0.2, 0.25) is 0 Å². The number of halogens is 2. The maximum Gasteiger partial charge on any atom is 0.168 e. The zero-order valence-electron chi connectivity index (χ0n) is 8.86. The summed E-state index contributed by atoms with van der Waals surface area (Å²) in [5, 5.41) is -0.110. The van der Waals surface area contributed by atoms with E-state index in [0.29, 0.717) is 0 Å². The van der Waals surface area contributed by atoms with Crippen LogP contribution in [0.5, 0.6) is 5.75 Å². The number of nitrogen functional groups attached to an aromatic ring is 1. The molecule has 1 aromatic carbocycles. The molecule has 0 unspecified atom stereocenters. The molecule has 0 aliphatic carbocycles. The zero-order valence-corrected chi connectivity index (χ0v) is 9.62. The van der Waals surface area contributed by atoms with E-state index < -0.39 is 5.82 Å². The van der Waals surface area contributed by atoms with Crippen LogP contribution in [0.2, 0.25) is 5.02 Å². The molecular weight excluding hydrogens is 243 g/mol. The summed E-state index contributed by atoms with van der Waals surface area (Å²) < 4.78 is 18.7. The molecule has 0 saturated carbocycles. The van der Waals surface area contributed by atoms with Gasteiger partial charge in [-0.25, -0.2) is 4.39 Å². The van der Waals surface area contributed by atoms with Gasteiger partial charge in [0.1, 0.15) is 17.4 Å². The monoisotopic (exact) mass is 252 g/mol. The molecule has 2 aromatic rings. The molecule has 0 atom stereocenters. The van der Waals surface area contributed by atoms with Crippen molar-refractivity contribution in [1.82, 2.24) is 4.98 Å². The van der Waals surface area contributed by atoms with Gasteiger partial charge < -0.3 is 10.5 Å². The minimum Gasteiger partial charge on any atom is -0.486 e. The van der Waals surface area contributed by atoms with Crippen molar-refractivity contribution in [3.63, 3.8) is 0 Å². The molecule has 0 radical (unpaired) electrons. The van der Waals surface area contributed by atoms with E-state index >= 15 is 0 Å². The maximum atomic E-state index is 13.4. The fraction of sp³-hybridized carbons (Fsp3) is 0.0833. The van der Waals surface area contributed by atoms with Crippen molar-refractivity contribution < 1.29 is 9.13 Å². The first kappa shape index (κ1) is 11.7. The molecule has 0 saturated heterocycles. The minimum absolute atomic E-state index is 0.000172. The van der Waals surface area contributed by atoms with Crippen molar-refractivity contribution in [2.45, 2.75) is 6.61 Å². The first-order valence-corrected chi connectivity index (χ1v) is 5.32. The van der Waals surface area contributed by atoms with Crippen LogP contribution in [0.15, 0.2) is 36.5 Å². The van der Waals surface area contributed by atoms with Crippen molar-refractivity contribution in [3.8, 4) is 5.75 Å². The lowest BCUT2D eigenvalue weighted by Crippen LogP contribution is -2.00. The first-order valence-electron chi connectivity index (χ1n) is 4.94. The van der Waals surface area contributed by atoms with Crippen molar-refractivity contribution in [1.29, 1.82) is 0 Å². The Balaban J connectivity index is 2.13. The highest BCUT2D eigenvalue weighted by molar-refractivity contribution is 6.32. The van der Waals surface area contributed by atoms with E-state index in [4.69, 9.17) is 22.1 Å². The summed E-state index contributed by atoms with van der Waals surface area (Å²) in [6.45, 7) is 0.226. The van der Waals surface area contributed by atoms with Crippen molar-refractivity contribution in [2.24, 2.45) is 0 Å². The highest BCUT2D eigenvalue weighted by Crippen LogP contribution is 2.31. The van der Waals surface area contributed by atoms with Crippen LogP contribution in [0.25, 0.3) is 0 Å². The SMILES string of the molecule is Nc1ccc(OCc2ccccn2)c(Cl)c1F. The fourth-order valence-corrected chi connectivity index (χ4v) is 1.52. The van der Waals surface area contributed by atoms with Gasteiger partial charge in [0, 0.05) is 6.20 Å². The standard InChI is InChI=1S/C12H10ClFN2O/c13-11-10(5-4-9(15)12(11)14)17-7-8-3-1-2-6-16-8/h1-6H,7,15H2. The molecule has 0 bridgehead atoms. The molecule has 0 fully saturated rings. The third-order valence-electron chi connectivity index (χ3n) is 2.18. The Kier molecular flexibility index (Phi) is 3.44. The number of hydrogen-bond donors (Lipinski definition) is 1. The van der Waals surface area contributed by atoms with E-state index in [-0.39, 0.29) is 23.1 Å². The lowest BCUT2D eigenvalue weighted by Gasteiger charge is -2.09. The summed E-state index contributed by atoms with van der Waals surface area (Å²) in [5.74, 6) is -0.408. The average Bonchev–Trinajstić information content (AvgIpc) is 2.36. The second-order valence-electron chi connectivity index (χ2n) is 3.39. The Morgan fingerprint density at radius 1 is 1.29 bits per heavy atom. The number of hydrogen-bond acceptors (Lipinski definition) is 3. The molecule has 0 amide bonds. The van der Waals surface area contributed by atoms with Gasteiger partial charge in [-0.05, 0) is 24.3 Å². The lowest BCUT2D eigenvalue weighted by atomic mass is 10.3. The van der Waals surface area contributed by atoms with Gasteiger partial charge in [0.05, 0.1) is 11.4 Å². The second-order valence-corrected chi connectivity index (χ2v) is 3.77. The third-order valence-corrected chi connectivity index (χ3v) is 2.53. The smallest absolute Gasteiger partial charge is 0.168 e. The van der Waals surface area contributed by atoms with Crippen molar-refractivity contribution in [3.05, 3.63) is 53.1 Å². The molecule has 1 aromatic heterocycles. The van der Waals surface area contributed by atoms with E-state index in [9.17, 15) is 4.39 Å². The summed E-state index contributed by atoms with van der Waals surface area (Å²) in [7, 11) is 0. The number of rotatable bonds is 3. The molecule has 1 heterocycles. The average molecular weight is 253 g/mol. The first-order chi connectivity index (χ1) is 8.18. The number of benzene rings is 1. The van der Waals surface area contributed by atoms with E-state index in [0.717, 1.165) is 5.69 Å². The Bertz CT molecular complexity index is 519. The summed E-state index contributed by atoms with van der Waals surface area (Å²) >= 11 is 5.76. The molecule has 0 aliphatic rings. The van der Waals surface area contributed by atoms with Crippen LogP contribution in [0.4, 0.5) is 10.1 Å². The summed E-state index contributed by atoms with van der Waals surface area (Å²) in [6.07, 6.45) is 1.66. The Morgan fingerprint density at radius 3 is 2.82 bits per heavy atom. The van der Waals surface area contributed by atoms with E-state index in [1.165, 1.54) is 12.1 Å². The van der Waals surface area contributed by atoms with Crippen LogP contribution in [-0.4, -0.2) is 4.98 Å². The van der Waals surface area contributed by atoms with Crippen LogP contribution >= 0.6 is 11.6 Å².